The van der Waals surface area contributed by atoms with Crippen LogP contribution in [0.2, 0.25) is 0 Å². The van der Waals surface area contributed by atoms with Crippen LogP contribution in [0.4, 0.5) is 13.2 Å². The van der Waals surface area contributed by atoms with Crippen molar-refractivity contribution >= 4 is 11.9 Å². The monoisotopic (exact) mass is 620 g/mol. The largest absolute Gasteiger partial charge is 0.481 e. The first-order chi connectivity index (χ1) is 20.7. The lowest BCUT2D eigenvalue weighted by Crippen LogP contribution is -2.50. The number of hydrogen-bond donors (Lipinski definition) is 0. The van der Waals surface area contributed by atoms with E-state index in [1.807, 2.05) is 58.9 Å². The van der Waals surface area contributed by atoms with Gasteiger partial charge in [0.1, 0.15) is 12.1 Å². The molecule has 242 valence electrons. The molecule has 1 aromatic carbocycles. The topological polar surface area (TPSA) is 87.2 Å². The highest BCUT2D eigenvalue weighted by Crippen LogP contribution is 2.51. The summed E-state index contributed by atoms with van der Waals surface area (Å²) in [5.74, 6) is -1.43. The van der Waals surface area contributed by atoms with Crippen LogP contribution in [0.1, 0.15) is 88.6 Å². The smallest absolute Gasteiger partial charge is 0.417 e. The number of nitrogens with zero attached hydrogens (tertiary/aromatic N) is 2. The minimum absolute atomic E-state index is 0.00309. The van der Waals surface area contributed by atoms with E-state index in [-0.39, 0.29) is 36.5 Å². The second-order valence-corrected chi connectivity index (χ2v) is 12.7. The third-order valence-corrected chi connectivity index (χ3v) is 8.41. The van der Waals surface area contributed by atoms with E-state index in [0.717, 1.165) is 23.4 Å². The van der Waals surface area contributed by atoms with Crippen molar-refractivity contribution in [1.29, 1.82) is 0 Å². The minimum atomic E-state index is -4.62. The number of likely N-dealkylation sites (tertiary alicyclic amines) is 1. The number of esters is 1. The number of pyridine rings is 1. The summed E-state index contributed by atoms with van der Waals surface area (Å²) in [6.45, 7) is 11.9. The highest BCUT2D eigenvalue weighted by atomic mass is 19.4. The third kappa shape index (κ3) is 6.88. The van der Waals surface area contributed by atoms with E-state index < -0.39 is 53.3 Å². The number of amides is 1. The Kier molecular flexibility index (Phi) is 10.3. The number of benzene rings is 1. The zero-order chi connectivity index (χ0) is 32.4. The van der Waals surface area contributed by atoms with Gasteiger partial charge in [-0.05, 0) is 48.3 Å². The SMILES string of the molecule is CCOC(=O)[C@@H]1[C@@H](C(C)(C)C)[C@H](OCc2cc(C(F)(F)F)cnc2OC)[C@H](c2ccccc2C(C)C)N1C(=O)[C@H]1CCCO1. The number of carbonyl (C=O) groups excluding carboxylic acids is 2. The lowest BCUT2D eigenvalue weighted by Gasteiger charge is -2.35. The van der Waals surface area contributed by atoms with Crippen LogP contribution in [0, 0.1) is 11.3 Å². The van der Waals surface area contributed by atoms with E-state index in [1.165, 1.54) is 7.11 Å². The van der Waals surface area contributed by atoms with Crippen molar-refractivity contribution < 1.29 is 41.7 Å². The molecule has 0 radical (unpaired) electrons. The molecule has 0 aliphatic carbocycles. The van der Waals surface area contributed by atoms with Crippen molar-refractivity contribution in [2.24, 2.45) is 11.3 Å². The quantitative estimate of drug-likeness (QED) is 0.297. The lowest BCUT2D eigenvalue weighted by atomic mass is 9.73. The van der Waals surface area contributed by atoms with Gasteiger partial charge in [0, 0.05) is 24.3 Å². The molecule has 2 aromatic rings. The molecule has 2 saturated heterocycles. The van der Waals surface area contributed by atoms with Crippen molar-refractivity contribution in [2.75, 3.05) is 20.3 Å². The Morgan fingerprint density at radius 1 is 1.16 bits per heavy atom. The predicted octanol–water partition coefficient (Wildman–Crippen LogP) is 6.47. The molecule has 3 heterocycles. The number of aromatic nitrogens is 1. The van der Waals surface area contributed by atoms with E-state index >= 15 is 0 Å². The highest BCUT2D eigenvalue weighted by Gasteiger charge is 2.60. The maximum Gasteiger partial charge on any atom is 0.417 e. The van der Waals surface area contributed by atoms with Gasteiger partial charge in [-0.15, -0.1) is 0 Å². The highest BCUT2D eigenvalue weighted by molar-refractivity contribution is 5.89. The average Bonchev–Trinajstić information content (AvgIpc) is 3.62. The van der Waals surface area contributed by atoms with E-state index in [4.69, 9.17) is 18.9 Å². The Balaban J connectivity index is 1.91. The van der Waals surface area contributed by atoms with Gasteiger partial charge in [0.15, 0.2) is 0 Å². The minimum Gasteiger partial charge on any atom is -0.481 e. The zero-order valence-electron chi connectivity index (χ0n) is 26.4. The summed E-state index contributed by atoms with van der Waals surface area (Å²) < 4.78 is 64.2. The molecule has 0 spiro atoms. The summed E-state index contributed by atoms with van der Waals surface area (Å²) in [5, 5.41) is 0. The summed E-state index contributed by atoms with van der Waals surface area (Å²) in [6.07, 6.45) is -4.21. The molecular weight excluding hydrogens is 577 g/mol. The Morgan fingerprint density at radius 3 is 2.43 bits per heavy atom. The molecule has 0 unspecified atom stereocenters. The number of hydrogen-bond acceptors (Lipinski definition) is 7. The maximum atomic E-state index is 14.4. The number of halogens is 3. The summed E-state index contributed by atoms with van der Waals surface area (Å²) in [5.41, 5.74) is 0.328. The summed E-state index contributed by atoms with van der Waals surface area (Å²) in [4.78, 5) is 33.7. The van der Waals surface area contributed by atoms with E-state index in [9.17, 15) is 22.8 Å². The number of carbonyl (C=O) groups is 2. The van der Waals surface area contributed by atoms with Crippen LogP contribution in [-0.2, 0) is 36.6 Å². The first-order valence-electron chi connectivity index (χ1n) is 15.1. The van der Waals surface area contributed by atoms with Crippen molar-refractivity contribution in [3.05, 3.63) is 58.8 Å². The van der Waals surface area contributed by atoms with Gasteiger partial charge >= 0.3 is 12.1 Å². The maximum absolute atomic E-state index is 14.4. The Morgan fingerprint density at radius 2 is 1.86 bits per heavy atom. The number of alkyl halides is 3. The number of methoxy groups -OCH3 is 1. The van der Waals surface area contributed by atoms with Crippen LogP contribution in [0.5, 0.6) is 5.88 Å². The number of ether oxygens (including phenoxy) is 4. The van der Waals surface area contributed by atoms with Gasteiger partial charge in [-0.25, -0.2) is 9.78 Å². The fraction of sp³-hybridized carbons (Fsp3) is 0.606. The van der Waals surface area contributed by atoms with E-state index in [1.54, 1.807) is 11.8 Å². The molecule has 8 nitrogen and oxygen atoms in total. The molecule has 2 aliphatic rings. The predicted molar refractivity (Wildman–Crippen MR) is 157 cm³/mol. The molecule has 4 rings (SSSR count). The van der Waals surface area contributed by atoms with Crippen molar-refractivity contribution in [3.8, 4) is 5.88 Å². The Hall–Kier alpha value is -3.18. The third-order valence-electron chi connectivity index (χ3n) is 8.41. The first-order valence-corrected chi connectivity index (χ1v) is 15.1. The Labute approximate surface area is 257 Å². The molecule has 1 amide bonds. The summed E-state index contributed by atoms with van der Waals surface area (Å²) in [6, 6.07) is 6.87. The number of rotatable bonds is 9. The van der Waals surface area contributed by atoms with Crippen molar-refractivity contribution in [1.82, 2.24) is 9.88 Å². The van der Waals surface area contributed by atoms with Crippen LogP contribution in [0.25, 0.3) is 0 Å². The van der Waals surface area contributed by atoms with Gasteiger partial charge in [0.25, 0.3) is 5.91 Å². The fourth-order valence-corrected chi connectivity index (χ4v) is 6.50. The summed E-state index contributed by atoms with van der Waals surface area (Å²) in [7, 11) is 1.33. The fourth-order valence-electron chi connectivity index (χ4n) is 6.50. The molecule has 0 N–H and O–H groups in total. The van der Waals surface area contributed by atoms with Gasteiger partial charge < -0.3 is 23.8 Å². The van der Waals surface area contributed by atoms with Crippen LogP contribution in [-0.4, -0.2) is 60.3 Å². The van der Waals surface area contributed by atoms with Gasteiger partial charge in [-0.2, -0.15) is 13.2 Å². The normalized spacial score (nSPS) is 24.2. The van der Waals surface area contributed by atoms with Gasteiger partial charge in [0.2, 0.25) is 5.88 Å². The molecule has 2 fully saturated rings. The van der Waals surface area contributed by atoms with E-state index in [0.29, 0.717) is 19.4 Å². The molecule has 11 heteroatoms. The molecule has 5 atom stereocenters. The molecule has 0 saturated carbocycles. The zero-order valence-corrected chi connectivity index (χ0v) is 26.4. The van der Waals surface area contributed by atoms with Crippen LogP contribution in [0.15, 0.2) is 36.5 Å². The van der Waals surface area contributed by atoms with Crippen LogP contribution < -0.4 is 4.74 Å². The molecule has 2 aliphatic heterocycles. The average molecular weight is 621 g/mol. The van der Waals surface area contributed by atoms with Crippen LogP contribution >= 0.6 is 0 Å². The van der Waals surface area contributed by atoms with Gasteiger partial charge in [-0.1, -0.05) is 58.9 Å². The molecular formula is C33H43F3N2O6. The van der Waals surface area contributed by atoms with Gasteiger partial charge in [-0.3, -0.25) is 4.79 Å². The van der Waals surface area contributed by atoms with Gasteiger partial charge in [0.05, 0.1) is 38.0 Å². The standard InChI is InChI=1S/C33H43F3N2O6/c1-8-42-31(40)27-25(32(4,5)6)28(44-18-20-16-21(33(34,35)36)17-37-29(20)41-7)26(23-13-10-9-12-22(23)19(2)3)38(27)30(39)24-14-11-15-43-24/h9-10,12-13,16-17,19,24-28H,8,11,14-15,18H2,1-7H3/t24-,25-,26+,27+,28+/m1/s1. The van der Waals surface area contributed by atoms with E-state index in [2.05, 4.69) is 4.98 Å². The first kappa shape index (κ1) is 33.7. The molecule has 0 bridgehead atoms. The second kappa shape index (κ2) is 13.4. The Bertz CT molecular complexity index is 1320. The summed E-state index contributed by atoms with van der Waals surface area (Å²) >= 11 is 0. The van der Waals surface area contributed by atoms with Crippen molar-refractivity contribution in [2.45, 2.75) is 97.4 Å². The van der Waals surface area contributed by atoms with Crippen LogP contribution in [0.3, 0.4) is 0 Å². The van der Waals surface area contributed by atoms with Crippen molar-refractivity contribution in [3.63, 3.8) is 0 Å². The lowest BCUT2D eigenvalue weighted by molar-refractivity contribution is -0.160. The molecule has 1 aromatic heterocycles. The second-order valence-electron chi connectivity index (χ2n) is 12.7. The molecule has 44 heavy (non-hydrogen) atoms.